The number of nitrogens with one attached hydrogen (secondary N) is 1. The molecule has 0 saturated carbocycles. The van der Waals surface area contributed by atoms with Gasteiger partial charge in [-0.25, -0.2) is 0 Å². The molecule has 2 amide bonds. The zero-order chi connectivity index (χ0) is 21.4. The Morgan fingerprint density at radius 3 is 2.71 bits per heavy atom. The Hall–Kier alpha value is -2.49. The summed E-state index contributed by atoms with van der Waals surface area (Å²) in [6.07, 6.45) is 2.64. The SMILES string of the molecule is O=C1CCC(N2Cc3cc(CN4CCN(c5cccnn5)CC4)ccc3C2S)C(=O)N1. The molecule has 0 radical (unpaired) electrons. The van der Waals surface area contributed by atoms with E-state index in [0.717, 1.165) is 44.1 Å². The molecule has 162 valence electrons. The van der Waals surface area contributed by atoms with Gasteiger partial charge in [-0.05, 0) is 35.2 Å². The molecule has 0 spiro atoms. The maximum absolute atomic E-state index is 12.3. The number of piperazine rings is 1. The first-order chi connectivity index (χ1) is 15.1. The van der Waals surface area contributed by atoms with Crippen LogP contribution < -0.4 is 10.2 Å². The largest absolute Gasteiger partial charge is 0.353 e. The summed E-state index contributed by atoms with van der Waals surface area (Å²) in [4.78, 5) is 30.6. The van der Waals surface area contributed by atoms with Crippen LogP contribution in [0.4, 0.5) is 5.82 Å². The highest BCUT2D eigenvalue weighted by molar-refractivity contribution is 7.80. The van der Waals surface area contributed by atoms with Crippen LogP contribution in [-0.4, -0.2) is 64.0 Å². The van der Waals surface area contributed by atoms with E-state index in [2.05, 4.69) is 48.4 Å². The number of thiol groups is 1. The molecule has 3 aliphatic heterocycles. The van der Waals surface area contributed by atoms with E-state index in [9.17, 15) is 9.59 Å². The number of carbonyl (C=O) groups excluding carboxylic acids is 2. The molecule has 2 saturated heterocycles. The van der Waals surface area contributed by atoms with Gasteiger partial charge in [0.1, 0.15) is 0 Å². The first kappa shape index (κ1) is 20.4. The molecule has 2 aromatic rings. The van der Waals surface area contributed by atoms with E-state index in [1.54, 1.807) is 6.20 Å². The molecule has 8 nitrogen and oxygen atoms in total. The van der Waals surface area contributed by atoms with Gasteiger partial charge in [-0.15, -0.1) is 5.10 Å². The van der Waals surface area contributed by atoms with Crippen LogP contribution in [-0.2, 0) is 22.7 Å². The van der Waals surface area contributed by atoms with Crippen LogP contribution in [0.25, 0.3) is 0 Å². The highest BCUT2D eigenvalue weighted by Gasteiger charge is 2.39. The zero-order valence-electron chi connectivity index (χ0n) is 17.3. The number of hydrogen-bond donors (Lipinski definition) is 2. The fraction of sp³-hybridized carbons (Fsp3) is 0.455. The van der Waals surface area contributed by atoms with Gasteiger partial charge in [0.05, 0.1) is 11.4 Å². The van der Waals surface area contributed by atoms with Crippen LogP contribution in [0.1, 0.15) is 34.9 Å². The first-order valence-electron chi connectivity index (χ1n) is 10.7. The number of anilines is 1. The molecule has 0 bridgehead atoms. The van der Waals surface area contributed by atoms with E-state index in [1.807, 2.05) is 12.1 Å². The molecule has 2 unspecified atom stereocenters. The number of benzene rings is 1. The van der Waals surface area contributed by atoms with Crippen molar-refractivity contribution in [2.24, 2.45) is 0 Å². The summed E-state index contributed by atoms with van der Waals surface area (Å²) in [7, 11) is 0. The van der Waals surface area contributed by atoms with Gasteiger partial charge in [0.15, 0.2) is 5.82 Å². The lowest BCUT2D eigenvalue weighted by Gasteiger charge is -2.35. The van der Waals surface area contributed by atoms with Crippen molar-refractivity contribution < 1.29 is 9.59 Å². The summed E-state index contributed by atoms with van der Waals surface area (Å²) in [6.45, 7) is 5.41. The van der Waals surface area contributed by atoms with Crippen molar-refractivity contribution in [3.05, 3.63) is 53.2 Å². The average Bonchev–Trinajstić information content (AvgIpc) is 3.10. The molecule has 0 aliphatic carbocycles. The van der Waals surface area contributed by atoms with E-state index in [1.165, 1.54) is 11.1 Å². The number of hydrogen-bond acceptors (Lipinski definition) is 8. The van der Waals surface area contributed by atoms with Gasteiger partial charge in [-0.3, -0.25) is 24.7 Å². The third-order valence-electron chi connectivity index (χ3n) is 6.42. The Labute approximate surface area is 187 Å². The molecule has 2 atom stereocenters. The van der Waals surface area contributed by atoms with Crippen LogP contribution in [0.2, 0.25) is 0 Å². The van der Waals surface area contributed by atoms with E-state index in [4.69, 9.17) is 12.6 Å². The maximum atomic E-state index is 12.3. The predicted octanol–water partition coefficient (Wildman–Crippen LogP) is 1.35. The number of imide groups is 1. The number of amides is 2. The Kier molecular flexibility index (Phi) is 5.64. The first-order valence-corrected chi connectivity index (χ1v) is 11.2. The fourth-order valence-corrected chi connectivity index (χ4v) is 5.24. The summed E-state index contributed by atoms with van der Waals surface area (Å²) in [6, 6.07) is 10.2. The van der Waals surface area contributed by atoms with Gasteiger partial charge in [0, 0.05) is 51.9 Å². The van der Waals surface area contributed by atoms with Gasteiger partial charge in [-0.1, -0.05) is 18.2 Å². The van der Waals surface area contributed by atoms with E-state index in [0.29, 0.717) is 19.4 Å². The fourth-order valence-electron chi connectivity index (χ4n) is 4.74. The van der Waals surface area contributed by atoms with Gasteiger partial charge in [0.2, 0.25) is 11.8 Å². The maximum Gasteiger partial charge on any atom is 0.243 e. The van der Waals surface area contributed by atoms with Gasteiger partial charge in [0.25, 0.3) is 0 Å². The summed E-state index contributed by atoms with van der Waals surface area (Å²) in [5.41, 5.74) is 3.65. The van der Waals surface area contributed by atoms with E-state index in [-0.39, 0.29) is 23.2 Å². The minimum atomic E-state index is -0.301. The minimum Gasteiger partial charge on any atom is -0.353 e. The van der Waals surface area contributed by atoms with Crippen molar-refractivity contribution in [1.82, 2.24) is 25.3 Å². The number of fused-ring (bicyclic) bond motifs is 1. The zero-order valence-corrected chi connectivity index (χ0v) is 18.2. The molecule has 31 heavy (non-hydrogen) atoms. The van der Waals surface area contributed by atoms with Crippen LogP contribution in [0.15, 0.2) is 36.5 Å². The summed E-state index contributed by atoms with van der Waals surface area (Å²) in [5.74, 6) is 0.549. The van der Waals surface area contributed by atoms with Crippen LogP contribution in [0, 0.1) is 0 Å². The van der Waals surface area contributed by atoms with Crippen LogP contribution >= 0.6 is 12.6 Å². The molecule has 2 fully saturated rings. The lowest BCUT2D eigenvalue weighted by atomic mass is 10.0. The molecule has 3 aliphatic rings. The second-order valence-electron chi connectivity index (χ2n) is 8.39. The van der Waals surface area contributed by atoms with Crippen molar-refractivity contribution in [2.45, 2.75) is 37.3 Å². The van der Waals surface area contributed by atoms with Gasteiger partial charge < -0.3 is 4.90 Å². The van der Waals surface area contributed by atoms with Crippen LogP contribution in [0.3, 0.4) is 0 Å². The highest BCUT2D eigenvalue weighted by Crippen LogP contribution is 2.39. The Morgan fingerprint density at radius 1 is 1.13 bits per heavy atom. The molecule has 5 rings (SSSR count). The monoisotopic (exact) mass is 438 g/mol. The second-order valence-corrected chi connectivity index (χ2v) is 8.88. The molecular weight excluding hydrogens is 412 g/mol. The van der Waals surface area contributed by atoms with Crippen LogP contribution in [0.5, 0.6) is 0 Å². The molecule has 1 aromatic heterocycles. The molecule has 1 aromatic carbocycles. The third kappa shape index (κ3) is 4.17. The van der Waals surface area contributed by atoms with Gasteiger partial charge >= 0.3 is 0 Å². The third-order valence-corrected chi connectivity index (χ3v) is 7.00. The number of aromatic nitrogens is 2. The number of carbonyl (C=O) groups is 2. The molecule has 4 heterocycles. The average molecular weight is 439 g/mol. The van der Waals surface area contributed by atoms with Gasteiger partial charge in [-0.2, -0.15) is 17.7 Å². The number of rotatable bonds is 4. The number of piperidine rings is 1. The lowest BCUT2D eigenvalue weighted by Crippen LogP contribution is -2.51. The van der Waals surface area contributed by atoms with Crippen molar-refractivity contribution in [1.29, 1.82) is 0 Å². The minimum absolute atomic E-state index is 0.122. The Morgan fingerprint density at radius 2 is 1.97 bits per heavy atom. The predicted molar refractivity (Wildman–Crippen MR) is 119 cm³/mol. The topological polar surface area (TPSA) is 81.7 Å². The summed E-state index contributed by atoms with van der Waals surface area (Å²) in [5, 5.41) is 10.5. The molecule has 9 heteroatoms. The Bertz CT molecular complexity index is 979. The Balaban J connectivity index is 1.21. The molecule has 1 N–H and O–H groups in total. The smallest absolute Gasteiger partial charge is 0.243 e. The van der Waals surface area contributed by atoms with Crippen molar-refractivity contribution in [3.63, 3.8) is 0 Å². The van der Waals surface area contributed by atoms with Crippen molar-refractivity contribution >= 4 is 30.3 Å². The summed E-state index contributed by atoms with van der Waals surface area (Å²) < 4.78 is 0. The summed E-state index contributed by atoms with van der Waals surface area (Å²) >= 11 is 4.78. The lowest BCUT2D eigenvalue weighted by molar-refractivity contribution is -0.137. The van der Waals surface area contributed by atoms with E-state index < -0.39 is 0 Å². The van der Waals surface area contributed by atoms with Crippen molar-refractivity contribution in [2.75, 3.05) is 31.1 Å². The standard InChI is InChI=1S/C22H26N6O2S/c29-20-6-5-18(21(30)24-20)28-14-16-12-15(3-4-17(16)22(28)31)13-26-8-10-27(11-9-26)19-2-1-7-23-25-19/h1-4,7,12,18,22,31H,5-6,8-11,13-14H2,(H,24,29,30). The number of nitrogens with zero attached hydrogens (tertiary/aromatic N) is 5. The highest BCUT2D eigenvalue weighted by atomic mass is 32.1. The second kappa shape index (κ2) is 8.57. The normalized spacial score (nSPS) is 24.9. The van der Waals surface area contributed by atoms with E-state index >= 15 is 0 Å². The molecular formula is C22H26N6O2S. The van der Waals surface area contributed by atoms with Crippen molar-refractivity contribution in [3.8, 4) is 0 Å². The quantitative estimate of drug-likeness (QED) is 0.551.